The highest BCUT2D eigenvalue weighted by Crippen LogP contribution is 2.32. The maximum Gasteiger partial charge on any atom is 0.243 e. The highest BCUT2D eigenvalue weighted by molar-refractivity contribution is 7.89. The topological polar surface area (TPSA) is 89.3 Å². The zero-order valence-corrected chi connectivity index (χ0v) is 22.4. The Bertz CT molecular complexity index is 1300. The number of nitrogens with zero attached hydrogens (tertiary/aromatic N) is 2. The van der Waals surface area contributed by atoms with Crippen LogP contribution in [0.2, 0.25) is 0 Å². The first-order valence-corrected chi connectivity index (χ1v) is 13.8. The summed E-state index contributed by atoms with van der Waals surface area (Å²) >= 11 is 0. The minimum atomic E-state index is -3.81. The van der Waals surface area contributed by atoms with Gasteiger partial charge < -0.3 is 18.8 Å². The molecule has 1 aliphatic rings. The Balaban J connectivity index is 1.54. The summed E-state index contributed by atoms with van der Waals surface area (Å²) < 4.78 is 44.7. The third kappa shape index (κ3) is 6.93. The SMILES string of the molecule is COc1ccc(CCN(Cc2ccc(C)o2)C(=O)CN(CC2CC2)S(=O)(=O)c2ccccc2)cc1OC. The zero-order valence-electron chi connectivity index (χ0n) is 21.6. The second-order valence-electron chi connectivity index (χ2n) is 9.32. The van der Waals surface area contributed by atoms with E-state index >= 15 is 0 Å². The smallest absolute Gasteiger partial charge is 0.243 e. The number of ether oxygens (including phenoxy) is 2. The lowest BCUT2D eigenvalue weighted by Crippen LogP contribution is -2.44. The number of methoxy groups -OCH3 is 2. The molecule has 0 unspecified atom stereocenters. The summed E-state index contributed by atoms with van der Waals surface area (Å²) in [6.07, 6.45) is 2.51. The first-order valence-electron chi connectivity index (χ1n) is 12.4. The summed E-state index contributed by atoms with van der Waals surface area (Å²) in [5.74, 6) is 2.67. The van der Waals surface area contributed by atoms with Crippen molar-refractivity contribution in [1.82, 2.24) is 9.21 Å². The molecule has 8 nitrogen and oxygen atoms in total. The average Bonchev–Trinajstić information content (AvgIpc) is 3.64. The number of hydrogen-bond donors (Lipinski definition) is 0. The Morgan fingerprint density at radius 1 is 1.00 bits per heavy atom. The van der Waals surface area contributed by atoms with E-state index in [1.807, 2.05) is 37.3 Å². The van der Waals surface area contributed by atoms with E-state index in [-0.39, 0.29) is 23.9 Å². The number of benzene rings is 2. The maximum absolute atomic E-state index is 13.6. The minimum Gasteiger partial charge on any atom is -0.493 e. The Morgan fingerprint density at radius 2 is 1.73 bits per heavy atom. The lowest BCUT2D eigenvalue weighted by Gasteiger charge is -2.27. The second kappa shape index (κ2) is 11.8. The van der Waals surface area contributed by atoms with Gasteiger partial charge in [0.05, 0.1) is 32.2 Å². The number of hydrogen-bond acceptors (Lipinski definition) is 6. The van der Waals surface area contributed by atoms with Crippen molar-refractivity contribution in [3.63, 3.8) is 0 Å². The van der Waals surface area contributed by atoms with Crippen LogP contribution >= 0.6 is 0 Å². The van der Waals surface area contributed by atoms with Gasteiger partial charge in [-0.3, -0.25) is 4.79 Å². The van der Waals surface area contributed by atoms with E-state index in [2.05, 4.69) is 0 Å². The minimum absolute atomic E-state index is 0.196. The van der Waals surface area contributed by atoms with Crippen LogP contribution in [0.25, 0.3) is 0 Å². The van der Waals surface area contributed by atoms with Gasteiger partial charge in [-0.05, 0) is 74.1 Å². The predicted molar refractivity (Wildman–Crippen MR) is 140 cm³/mol. The van der Waals surface area contributed by atoms with Gasteiger partial charge in [-0.15, -0.1) is 0 Å². The molecule has 1 aliphatic carbocycles. The number of furan rings is 1. The molecule has 0 spiro atoms. The maximum atomic E-state index is 13.6. The third-order valence-corrected chi connectivity index (χ3v) is 8.29. The molecular formula is C28H34N2O6S. The van der Waals surface area contributed by atoms with E-state index in [1.54, 1.807) is 49.5 Å². The molecule has 0 radical (unpaired) electrons. The van der Waals surface area contributed by atoms with Crippen molar-refractivity contribution in [1.29, 1.82) is 0 Å². The molecular weight excluding hydrogens is 492 g/mol. The van der Waals surface area contributed by atoms with Crippen LogP contribution in [0, 0.1) is 12.8 Å². The number of carbonyl (C=O) groups excluding carboxylic acids is 1. The molecule has 0 atom stereocenters. The van der Waals surface area contributed by atoms with E-state index in [4.69, 9.17) is 13.9 Å². The molecule has 3 aromatic rings. The molecule has 0 aliphatic heterocycles. The van der Waals surface area contributed by atoms with Crippen LogP contribution in [-0.2, 0) is 27.8 Å². The van der Waals surface area contributed by atoms with Crippen LogP contribution in [0.15, 0.2) is 70.0 Å². The van der Waals surface area contributed by atoms with Crippen molar-refractivity contribution < 1.29 is 27.1 Å². The molecule has 0 N–H and O–H groups in total. The van der Waals surface area contributed by atoms with Crippen molar-refractivity contribution >= 4 is 15.9 Å². The molecule has 1 aromatic heterocycles. The molecule has 9 heteroatoms. The molecule has 1 saturated carbocycles. The van der Waals surface area contributed by atoms with E-state index in [1.165, 1.54) is 4.31 Å². The fourth-order valence-corrected chi connectivity index (χ4v) is 5.67. The Morgan fingerprint density at radius 3 is 2.35 bits per heavy atom. The zero-order chi connectivity index (χ0) is 26.4. The van der Waals surface area contributed by atoms with Gasteiger partial charge in [-0.25, -0.2) is 8.42 Å². The van der Waals surface area contributed by atoms with Crippen LogP contribution in [0.5, 0.6) is 11.5 Å². The second-order valence-corrected chi connectivity index (χ2v) is 11.3. The van der Waals surface area contributed by atoms with Crippen LogP contribution in [0.3, 0.4) is 0 Å². The van der Waals surface area contributed by atoms with Gasteiger partial charge in [0.2, 0.25) is 15.9 Å². The van der Waals surface area contributed by atoms with Crippen LogP contribution in [0.1, 0.15) is 29.9 Å². The number of aryl methyl sites for hydroxylation is 1. The van der Waals surface area contributed by atoms with Crippen molar-refractivity contribution in [2.75, 3.05) is 33.9 Å². The normalized spacial score (nSPS) is 13.5. The van der Waals surface area contributed by atoms with Crippen molar-refractivity contribution in [3.8, 4) is 11.5 Å². The van der Waals surface area contributed by atoms with E-state index in [0.717, 1.165) is 24.2 Å². The third-order valence-electron chi connectivity index (χ3n) is 6.47. The quantitative estimate of drug-likeness (QED) is 0.330. The molecule has 1 fully saturated rings. The molecule has 1 heterocycles. The molecule has 2 aromatic carbocycles. The number of carbonyl (C=O) groups is 1. The van der Waals surface area contributed by atoms with Crippen molar-refractivity contribution in [2.45, 2.75) is 37.6 Å². The van der Waals surface area contributed by atoms with Gasteiger partial charge >= 0.3 is 0 Å². The summed E-state index contributed by atoms with van der Waals surface area (Å²) in [6, 6.07) is 17.6. The molecule has 37 heavy (non-hydrogen) atoms. The number of rotatable bonds is 13. The highest BCUT2D eigenvalue weighted by atomic mass is 32.2. The number of amides is 1. The first-order chi connectivity index (χ1) is 17.8. The summed E-state index contributed by atoms with van der Waals surface area (Å²) in [6.45, 7) is 2.61. The molecule has 4 rings (SSSR count). The first kappa shape index (κ1) is 26.8. The van der Waals surface area contributed by atoms with Crippen LogP contribution < -0.4 is 9.47 Å². The lowest BCUT2D eigenvalue weighted by atomic mass is 10.1. The van der Waals surface area contributed by atoms with Gasteiger partial charge in [-0.1, -0.05) is 24.3 Å². The van der Waals surface area contributed by atoms with E-state index in [9.17, 15) is 13.2 Å². The van der Waals surface area contributed by atoms with Gasteiger partial charge in [0.15, 0.2) is 11.5 Å². The van der Waals surface area contributed by atoms with E-state index in [0.29, 0.717) is 42.7 Å². The highest BCUT2D eigenvalue weighted by Gasteiger charge is 2.34. The van der Waals surface area contributed by atoms with Crippen molar-refractivity contribution in [2.24, 2.45) is 5.92 Å². The summed E-state index contributed by atoms with van der Waals surface area (Å²) in [7, 11) is -0.640. The van der Waals surface area contributed by atoms with Gasteiger partial charge in [0.25, 0.3) is 0 Å². The Hall–Kier alpha value is -3.30. The lowest BCUT2D eigenvalue weighted by molar-refractivity contribution is -0.132. The van der Waals surface area contributed by atoms with Crippen molar-refractivity contribution in [3.05, 3.63) is 77.7 Å². The standard InChI is InChI=1S/C28H34N2O6S/c1-21-9-13-24(36-21)19-29(16-15-22-12-14-26(34-2)27(17-22)35-3)28(31)20-30(18-23-10-11-23)37(32,33)25-7-5-4-6-8-25/h4-9,12-14,17,23H,10-11,15-16,18-20H2,1-3H3. The number of sulfonamides is 1. The predicted octanol–water partition coefficient (Wildman–Crippen LogP) is 4.28. The summed E-state index contributed by atoms with van der Waals surface area (Å²) in [5.41, 5.74) is 0.970. The van der Waals surface area contributed by atoms with Gasteiger partial charge in [0.1, 0.15) is 11.5 Å². The van der Waals surface area contributed by atoms with E-state index < -0.39 is 10.0 Å². The summed E-state index contributed by atoms with van der Waals surface area (Å²) in [5, 5.41) is 0. The Labute approximate surface area is 218 Å². The van der Waals surface area contributed by atoms with Crippen LogP contribution in [0.4, 0.5) is 0 Å². The average molecular weight is 527 g/mol. The van der Waals surface area contributed by atoms with Gasteiger partial charge in [-0.2, -0.15) is 4.31 Å². The molecule has 198 valence electrons. The molecule has 1 amide bonds. The fourth-order valence-electron chi connectivity index (χ4n) is 4.18. The Kier molecular flexibility index (Phi) is 8.56. The molecule has 0 saturated heterocycles. The van der Waals surface area contributed by atoms with Crippen LogP contribution in [-0.4, -0.2) is 57.4 Å². The summed E-state index contributed by atoms with van der Waals surface area (Å²) in [4.78, 5) is 15.5. The fraction of sp³-hybridized carbons (Fsp3) is 0.393. The van der Waals surface area contributed by atoms with Gasteiger partial charge in [0, 0.05) is 13.1 Å². The molecule has 0 bridgehead atoms. The monoisotopic (exact) mass is 526 g/mol. The largest absolute Gasteiger partial charge is 0.493 e.